The number of carbonyl (C=O) groups excluding carboxylic acids is 2. The number of aliphatic hydroxyl groups excluding tert-OH is 1. The van der Waals surface area contributed by atoms with Gasteiger partial charge in [-0.1, -0.05) is 6.08 Å². The molecule has 0 aromatic heterocycles. The Morgan fingerprint density at radius 3 is 2.12 bits per heavy atom. The lowest BCUT2D eigenvalue weighted by Crippen LogP contribution is -2.41. The predicted molar refractivity (Wildman–Crippen MR) is 57.6 cm³/mol. The van der Waals surface area contributed by atoms with E-state index in [1.807, 2.05) is 0 Å². The highest BCUT2D eigenvalue weighted by atomic mass is 16.5. The molecule has 0 spiro atoms. The van der Waals surface area contributed by atoms with Gasteiger partial charge < -0.3 is 14.6 Å². The van der Waals surface area contributed by atoms with Crippen LogP contribution in [0.2, 0.25) is 0 Å². The van der Waals surface area contributed by atoms with Gasteiger partial charge in [0.1, 0.15) is 0 Å². The van der Waals surface area contributed by atoms with Gasteiger partial charge in [-0.05, 0) is 19.3 Å². The Balaban J connectivity index is 5.10. The summed E-state index contributed by atoms with van der Waals surface area (Å²) >= 11 is 0. The fourth-order valence-corrected chi connectivity index (χ4v) is 1.57. The lowest BCUT2D eigenvalue weighted by molar-refractivity contribution is -0.169. The van der Waals surface area contributed by atoms with Crippen LogP contribution in [0.3, 0.4) is 0 Å². The van der Waals surface area contributed by atoms with Gasteiger partial charge in [0.2, 0.25) is 0 Å². The third-order valence-electron chi connectivity index (χ3n) is 2.41. The van der Waals surface area contributed by atoms with Gasteiger partial charge in [-0.15, -0.1) is 6.58 Å². The van der Waals surface area contributed by atoms with Crippen molar-refractivity contribution in [3.05, 3.63) is 12.7 Å². The average Bonchev–Trinajstić information content (AvgIpc) is 2.32. The molecule has 0 unspecified atom stereocenters. The highest BCUT2D eigenvalue weighted by molar-refractivity contribution is 6.00. The first-order valence-corrected chi connectivity index (χ1v) is 4.97. The van der Waals surface area contributed by atoms with E-state index in [1.54, 1.807) is 0 Å². The molecule has 0 radical (unpaired) electrons. The molecule has 0 saturated carbocycles. The Bertz CT molecular complexity index is 243. The number of carbonyl (C=O) groups is 2. The summed E-state index contributed by atoms with van der Waals surface area (Å²) in [5, 5.41) is 8.78. The molecule has 0 fully saturated rings. The molecule has 5 heteroatoms. The minimum Gasteiger partial charge on any atom is -0.468 e. The first-order valence-electron chi connectivity index (χ1n) is 4.97. The van der Waals surface area contributed by atoms with Crippen LogP contribution in [-0.2, 0) is 19.1 Å². The third-order valence-corrected chi connectivity index (χ3v) is 2.41. The van der Waals surface area contributed by atoms with Gasteiger partial charge in [0.05, 0.1) is 14.2 Å². The van der Waals surface area contributed by atoms with Crippen LogP contribution >= 0.6 is 0 Å². The van der Waals surface area contributed by atoms with Crippen LogP contribution in [0.5, 0.6) is 0 Å². The van der Waals surface area contributed by atoms with Crippen LogP contribution in [0.4, 0.5) is 0 Å². The number of hydrogen-bond acceptors (Lipinski definition) is 5. The average molecular weight is 230 g/mol. The van der Waals surface area contributed by atoms with Crippen molar-refractivity contribution in [3.8, 4) is 0 Å². The minimum atomic E-state index is -1.38. The second-order valence-electron chi connectivity index (χ2n) is 3.39. The summed E-state index contributed by atoms with van der Waals surface area (Å²) in [6.07, 6.45) is 2.09. The van der Waals surface area contributed by atoms with Gasteiger partial charge in [-0.2, -0.15) is 0 Å². The van der Waals surface area contributed by atoms with Crippen molar-refractivity contribution >= 4 is 11.9 Å². The molecule has 0 amide bonds. The van der Waals surface area contributed by atoms with Crippen molar-refractivity contribution < 1.29 is 24.2 Å². The van der Waals surface area contributed by atoms with E-state index >= 15 is 0 Å². The smallest absolute Gasteiger partial charge is 0.323 e. The second-order valence-corrected chi connectivity index (χ2v) is 3.39. The van der Waals surface area contributed by atoms with Gasteiger partial charge in [-0.25, -0.2) is 0 Å². The van der Waals surface area contributed by atoms with Crippen LogP contribution < -0.4 is 0 Å². The van der Waals surface area contributed by atoms with E-state index in [-0.39, 0.29) is 19.4 Å². The molecular weight excluding hydrogens is 212 g/mol. The highest BCUT2D eigenvalue weighted by Gasteiger charge is 2.46. The normalized spacial score (nSPS) is 10.7. The number of methoxy groups -OCH3 is 2. The number of rotatable bonds is 7. The Kier molecular flexibility index (Phi) is 6.41. The van der Waals surface area contributed by atoms with Crippen LogP contribution in [0, 0.1) is 5.41 Å². The van der Waals surface area contributed by atoms with E-state index in [9.17, 15) is 9.59 Å². The maximum absolute atomic E-state index is 11.7. The van der Waals surface area contributed by atoms with Crippen molar-refractivity contribution in [1.29, 1.82) is 0 Å². The van der Waals surface area contributed by atoms with Gasteiger partial charge >= 0.3 is 11.9 Å². The van der Waals surface area contributed by atoms with Crippen molar-refractivity contribution in [3.63, 3.8) is 0 Å². The van der Waals surface area contributed by atoms with E-state index < -0.39 is 17.4 Å². The molecular formula is C11H18O5. The molecule has 0 aromatic rings. The van der Waals surface area contributed by atoms with Crippen molar-refractivity contribution in [2.75, 3.05) is 20.8 Å². The number of hydrogen-bond donors (Lipinski definition) is 1. The summed E-state index contributed by atoms with van der Waals surface area (Å²) in [4.78, 5) is 23.4. The first-order chi connectivity index (χ1) is 7.58. The molecule has 0 aliphatic rings. The van der Waals surface area contributed by atoms with Crippen molar-refractivity contribution in [1.82, 2.24) is 0 Å². The van der Waals surface area contributed by atoms with Crippen LogP contribution in [-0.4, -0.2) is 37.9 Å². The monoisotopic (exact) mass is 230 g/mol. The van der Waals surface area contributed by atoms with Crippen molar-refractivity contribution in [2.24, 2.45) is 5.41 Å². The maximum Gasteiger partial charge on any atom is 0.323 e. The van der Waals surface area contributed by atoms with Gasteiger partial charge in [0, 0.05) is 6.61 Å². The largest absolute Gasteiger partial charge is 0.468 e. The zero-order valence-electron chi connectivity index (χ0n) is 9.69. The van der Waals surface area contributed by atoms with Gasteiger partial charge in [-0.3, -0.25) is 9.59 Å². The molecule has 0 aliphatic heterocycles. The quantitative estimate of drug-likeness (QED) is 0.395. The van der Waals surface area contributed by atoms with E-state index in [2.05, 4.69) is 16.1 Å². The molecule has 5 nitrogen and oxygen atoms in total. The fourth-order valence-electron chi connectivity index (χ4n) is 1.57. The van der Waals surface area contributed by atoms with Crippen LogP contribution in [0.1, 0.15) is 19.3 Å². The topological polar surface area (TPSA) is 72.8 Å². The molecule has 0 aliphatic carbocycles. The Morgan fingerprint density at radius 1 is 1.31 bits per heavy atom. The Labute approximate surface area is 95.0 Å². The van der Waals surface area contributed by atoms with Crippen molar-refractivity contribution in [2.45, 2.75) is 19.3 Å². The maximum atomic E-state index is 11.7. The third kappa shape index (κ3) is 3.06. The Hall–Kier alpha value is -1.36. The number of allylic oxidation sites excluding steroid dienone is 1. The Morgan fingerprint density at radius 2 is 1.81 bits per heavy atom. The van der Waals surface area contributed by atoms with Gasteiger partial charge in [0.25, 0.3) is 0 Å². The van der Waals surface area contributed by atoms with E-state index in [0.29, 0.717) is 6.42 Å². The zero-order valence-corrected chi connectivity index (χ0v) is 9.69. The summed E-state index contributed by atoms with van der Waals surface area (Å²) < 4.78 is 9.24. The lowest BCUT2D eigenvalue weighted by Gasteiger charge is -2.26. The SMILES string of the molecule is C=CCC(CCCO)(C(=O)OC)C(=O)OC. The number of ether oxygens (including phenoxy) is 2. The molecule has 0 heterocycles. The summed E-state index contributed by atoms with van der Waals surface area (Å²) in [5.74, 6) is -1.32. The molecule has 0 atom stereocenters. The van der Waals surface area contributed by atoms with E-state index in [1.165, 1.54) is 20.3 Å². The second kappa shape index (κ2) is 7.00. The molecule has 0 aromatic carbocycles. The summed E-state index contributed by atoms with van der Waals surface area (Å²) in [6.45, 7) is 3.40. The molecule has 0 saturated heterocycles. The predicted octanol–water partition coefficient (Wildman–Crippen LogP) is 0.667. The molecule has 92 valence electrons. The summed E-state index contributed by atoms with van der Waals surface area (Å²) in [7, 11) is 2.42. The summed E-state index contributed by atoms with van der Waals surface area (Å²) in [6, 6.07) is 0. The first kappa shape index (κ1) is 14.6. The lowest BCUT2D eigenvalue weighted by atomic mass is 9.80. The molecule has 0 rings (SSSR count). The van der Waals surface area contributed by atoms with Crippen LogP contribution in [0.25, 0.3) is 0 Å². The molecule has 1 N–H and O–H groups in total. The number of esters is 2. The van der Waals surface area contributed by atoms with E-state index in [0.717, 1.165) is 0 Å². The van der Waals surface area contributed by atoms with E-state index in [4.69, 9.17) is 5.11 Å². The minimum absolute atomic E-state index is 0.104. The fraction of sp³-hybridized carbons (Fsp3) is 0.636. The zero-order chi connectivity index (χ0) is 12.6. The number of aliphatic hydroxyl groups is 1. The highest BCUT2D eigenvalue weighted by Crippen LogP contribution is 2.32. The standard InChI is InChI=1S/C11H18O5/c1-4-6-11(7-5-8-12,9(13)15-2)10(14)16-3/h4,12H,1,5-8H2,2-3H3. The summed E-state index contributed by atoms with van der Waals surface area (Å²) in [5.41, 5.74) is -1.38. The molecule has 16 heavy (non-hydrogen) atoms. The molecule has 0 bridgehead atoms. The van der Waals surface area contributed by atoms with Gasteiger partial charge in [0.15, 0.2) is 5.41 Å². The van der Waals surface area contributed by atoms with Crippen LogP contribution in [0.15, 0.2) is 12.7 Å².